The summed E-state index contributed by atoms with van der Waals surface area (Å²) in [5.74, 6) is -3.04. The van der Waals surface area contributed by atoms with Gasteiger partial charge in [0.25, 0.3) is 0 Å². The summed E-state index contributed by atoms with van der Waals surface area (Å²) in [6.07, 6.45) is -0.379. The van der Waals surface area contributed by atoms with Crippen molar-refractivity contribution in [2.24, 2.45) is 0 Å². The molecular weight excluding hydrogens is 220 g/mol. The van der Waals surface area contributed by atoms with E-state index in [0.29, 0.717) is 0 Å². The van der Waals surface area contributed by atoms with Gasteiger partial charge in [0.05, 0.1) is 12.5 Å². The number of nitrogens with one attached hydrogen (secondary N) is 1. The molecule has 2 N–H and O–H groups in total. The Morgan fingerprint density at radius 2 is 2.00 bits per heavy atom. The van der Waals surface area contributed by atoms with Crippen LogP contribution in [0.4, 0.5) is 8.78 Å². The minimum absolute atomic E-state index is 0.208. The van der Waals surface area contributed by atoms with Crippen LogP contribution in [-0.2, 0) is 9.59 Å². The number of aliphatic carboxylic acids is 1. The third kappa shape index (κ3) is 2.75. The Morgan fingerprint density at radius 1 is 1.44 bits per heavy atom. The third-order valence-electron chi connectivity index (χ3n) is 2.00. The molecular formula is C10H9F2NO3. The summed E-state index contributed by atoms with van der Waals surface area (Å²) in [5, 5.41) is 10.6. The van der Waals surface area contributed by atoms with Gasteiger partial charge in [-0.05, 0) is 12.1 Å². The maximum atomic E-state index is 13.3. The number of hydrogen-bond acceptors (Lipinski definition) is 2. The zero-order valence-electron chi connectivity index (χ0n) is 8.11. The van der Waals surface area contributed by atoms with Crippen molar-refractivity contribution in [3.8, 4) is 0 Å². The Kier molecular flexibility index (Phi) is 3.93. The lowest BCUT2D eigenvalue weighted by molar-refractivity contribution is -0.137. The molecule has 0 heterocycles. The highest BCUT2D eigenvalue weighted by molar-refractivity contribution is 5.68. The minimum atomic E-state index is -1.26. The van der Waals surface area contributed by atoms with E-state index in [0.717, 1.165) is 18.2 Å². The van der Waals surface area contributed by atoms with Crippen molar-refractivity contribution >= 4 is 12.4 Å². The fourth-order valence-corrected chi connectivity index (χ4v) is 1.34. The molecule has 4 nitrogen and oxygen atoms in total. The van der Waals surface area contributed by atoms with E-state index >= 15 is 0 Å². The van der Waals surface area contributed by atoms with Gasteiger partial charge in [0.15, 0.2) is 0 Å². The van der Waals surface area contributed by atoms with E-state index in [1.54, 1.807) is 0 Å². The molecule has 0 saturated heterocycles. The predicted molar refractivity (Wildman–Crippen MR) is 50.6 cm³/mol. The van der Waals surface area contributed by atoms with Crippen LogP contribution in [-0.4, -0.2) is 17.5 Å². The largest absolute Gasteiger partial charge is 0.481 e. The molecule has 0 aliphatic heterocycles. The van der Waals surface area contributed by atoms with Crippen LogP contribution in [0.15, 0.2) is 18.2 Å². The van der Waals surface area contributed by atoms with Crippen LogP contribution in [0.5, 0.6) is 0 Å². The molecule has 6 heteroatoms. The SMILES string of the molecule is O=CN[C@@H](CC(=O)O)c1c(F)cccc1F. The fraction of sp³-hybridized carbons (Fsp3) is 0.200. The summed E-state index contributed by atoms with van der Waals surface area (Å²) in [4.78, 5) is 20.7. The highest BCUT2D eigenvalue weighted by Crippen LogP contribution is 2.22. The monoisotopic (exact) mass is 229 g/mol. The molecule has 1 rings (SSSR count). The highest BCUT2D eigenvalue weighted by Gasteiger charge is 2.21. The van der Waals surface area contributed by atoms with E-state index in [9.17, 15) is 18.4 Å². The van der Waals surface area contributed by atoms with E-state index in [1.807, 2.05) is 0 Å². The summed E-state index contributed by atoms with van der Waals surface area (Å²) in [6.45, 7) is 0. The van der Waals surface area contributed by atoms with E-state index in [1.165, 1.54) is 0 Å². The van der Waals surface area contributed by atoms with Gasteiger partial charge < -0.3 is 10.4 Å². The Morgan fingerprint density at radius 3 is 2.44 bits per heavy atom. The van der Waals surface area contributed by atoms with Crippen LogP contribution in [0, 0.1) is 11.6 Å². The lowest BCUT2D eigenvalue weighted by atomic mass is 10.0. The summed E-state index contributed by atoms with van der Waals surface area (Å²) in [5.41, 5.74) is -0.447. The first-order chi connectivity index (χ1) is 7.56. The van der Waals surface area contributed by atoms with Gasteiger partial charge in [-0.1, -0.05) is 6.07 Å². The molecule has 1 atom stereocenters. The minimum Gasteiger partial charge on any atom is -0.481 e. The molecule has 0 aliphatic carbocycles. The van der Waals surface area contributed by atoms with Gasteiger partial charge >= 0.3 is 5.97 Å². The molecule has 0 fully saturated rings. The Balaban J connectivity index is 3.09. The van der Waals surface area contributed by atoms with Crippen molar-refractivity contribution in [3.05, 3.63) is 35.4 Å². The first-order valence-electron chi connectivity index (χ1n) is 4.41. The number of rotatable bonds is 5. The van der Waals surface area contributed by atoms with Crippen molar-refractivity contribution in [2.45, 2.75) is 12.5 Å². The number of amides is 1. The summed E-state index contributed by atoms with van der Waals surface area (Å²) < 4.78 is 26.6. The van der Waals surface area contributed by atoms with Crippen LogP contribution in [0.1, 0.15) is 18.0 Å². The van der Waals surface area contributed by atoms with Gasteiger partial charge in [-0.15, -0.1) is 0 Å². The van der Waals surface area contributed by atoms with Gasteiger partial charge in [0, 0.05) is 5.56 Å². The summed E-state index contributed by atoms with van der Waals surface area (Å²) in [7, 11) is 0. The first kappa shape index (κ1) is 12.1. The number of carboxylic acid groups (broad SMARTS) is 1. The Labute approximate surface area is 89.9 Å². The number of carboxylic acids is 1. The predicted octanol–water partition coefficient (Wildman–Crippen LogP) is 1.23. The second-order valence-corrected chi connectivity index (χ2v) is 3.07. The zero-order valence-corrected chi connectivity index (χ0v) is 8.11. The molecule has 1 amide bonds. The summed E-state index contributed by atoms with van der Waals surface area (Å²) in [6, 6.07) is 1.95. The third-order valence-corrected chi connectivity index (χ3v) is 2.00. The lowest BCUT2D eigenvalue weighted by Crippen LogP contribution is -2.24. The van der Waals surface area contributed by atoms with Crippen molar-refractivity contribution in [1.29, 1.82) is 0 Å². The van der Waals surface area contributed by atoms with Crippen molar-refractivity contribution < 1.29 is 23.5 Å². The molecule has 0 spiro atoms. The van der Waals surface area contributed by atoms with Gasteiger partial charge in [-0.25, -0.2) is 8.78 Å². The van der Waals surface area contributed by atoms with E-state index < -0.39 is 35.6 Å². The maximum Gasteiger partial charge on any atom is 0.305 e. The Bertz CT molecular complexity index is 389. The average molecular weight is 229 g/mol. The molecule has 0 unspecified atom stereocenters. The molecule has 0 saturated carbocycles. The number of carbonyl (C=O) groups is 2. The van der Waals surface area contributed by atoms with Gasteiger partial charge in [0.2, 0.25) is 6.41 Å². The molecule has 86 valence electrons. The quantitative estimate of drug-likeness (QED) is 0.746. The van der Waals surface area contributed by atoms with Crippen molar-refractivity contribution in [3.63, 3.8) is 0 Å². The molecule has 0 aromatic heterocycles. The van der Waals surface area contributed by atoms with Crippen LogP contribution in [0.2, 0.25) is 0 Å². The highest BCUT2D eigenvalue weighted by atomic mass is 19.1. The molecule has 0 aliphatic rings. The van der Waals surface area contributed by atoms with E-state index in [-0.39, 0.29) is 6.41 Å². The maximum absolute atomic E-state index is 13.3. The molecule has 0 bridgehead atoms. The smallest absolute Gasteiger partial charge is 0.305 e. The van der Waals surface area contributed by atoms with E-state index in [2.05, 4.69) is 5.32 Å². The topological polar surface area (TPSA) is 66.4 Å². The zero-order chi connectivity index (χ0) is 12.1. The van der Waals surface area contributed by atoms with Crippen molar-refractivity contribution in [2.75, 3.05) is 0 Å². The summed E-state index contributed by atoms with van der Waals surface area (Å²) >= 11 is 0. The van der Waals surface area contributed by atoms with E-state index in [4.69, 9.17) is 5.11 Å². The van der Waals surface area contributed by atoms with Crippen molar-refractivity contribution in [1.82, 2.24) is 5.32 Å². The number of benzene rings is 1. The number of carbonyl (C=O) groups excluding carboxylic acids is 1. The number of hydrogen-bond donors (Lipinski definition) is 2. The molecule has 16 heavy (non-hydrogen) atoms. The molecule has 1 aromatic carbocycles. The van der Waals surface area contributed by atoms with Gasteiger partial charge in [0.1, 0.15) is 11.6 Å². The van der Waals surface area contributed by atoms with Crippen LogP contribution < -0.4 is 5.32 Å². The Hall–Kier alpha value is -1.98. The van der Waals surface area contributed by atoms with Gasteiger partial charge in [-0.2, -0.15) is 0 Å². The second-order valence-electron chi connectivity index (χ2n) is 3.07. The lowest BCUT2D eigenvalue weighted by Gasteiger charge is -2.15. The molecule has 1 aromatic rings. The average Bonchev–Trinajstić information content (AvgIpc) is 2.16. The fourth-order valence-electron chi connectivity index (χ4n) is 1.34. The van der Waals surface area contributed by atoms with Crippen LogP contribution >= 0.6 is 0 Å². The van der Waals surface area contributed by atoms with Gasteiger partial charge in [-0.3, -0.25) is 9.59 Å². The second kappa shape index (κ2) is 5.20. The normalized spacial score (nSPS) is 11.9. The molecule has 0 radical (unpaired) electrons. The van der Waals surface area contributed by atoms with Crippen LogP contribution in [0.3, 0.4) is 0 Å². The number of halogens is 2. The first-order valence-corrected chi connectivity index (χ1v) is 4.41. The standard InChI is InChI=1S/C10H9F2NO3/c11-6-2-1-3-7(12)10(6)8(13-5-14)4-9(15)16/h1-3,5,8H,4H2,(H,13,14)(H,15,16)/t8-/m0/s1. The van der Waals surface area contributed by atoms with Crippen LogP contribution in [0.25, 0.3) is 0 Å².